The molecule has 1 aliphatic heterocycles. The summed E-state index contributed by atoms with van der Waals surface area (Å²) < 4.78 is 5.05. The first-order valence-corrected chi connectivity index (χ1v) is 7.29. The second kappa shape index (κ2) is 6.37. The molecule has 3 N–H and O–H groups in total. The van der Waals surface area contributed by atoms with Crippen molar-refractivity contribution in [3.63, 3.8) is 0 Å². The second-order valence-electron chi connectivity index (χ2n) is 5.29. The molecule has 3 rings (SSSR count). The number of nitrogens with one attached hydrogen (secondary N) is 1. The summed E-state index contributed by atoms with van der Waals surface area (Å²) in [5, 5.41) is 15.1. The van der Waals surface area contributed by atoms with Gasteiger partial charge in [-0.25, -0.2) is 4.79 Å². The zero-order valence-corrected chi connectivity index (χ0v) is 12.6. The zero-order valence-electron chi connectivity index (χ0n) is 12.6. The van der Waals surface area contributed by atoms with Crippen molar-refractivity contribution in [3.05, 3.63) is 41.5 Å². The van der Waals surface area contributed by atoms with E-state index in [-0.39, 0.29) is 17.7 Å². The third kappa shape index (κ3) is 3.03. The van der Waals surface area contributed by atoms with Gasteiger partial charge in [0.25, 0.3) is 11.7 Å². The molecule has 2 heterocycles. The number of hydrogen-bond acceptors (Lipinski definition) is 6. The molecule has 9 heteroatoms. The summed E-state index contributed by atoms with van der Waals surface area (Å²) >= 11 is 0. The van der Waals surface area contributed by atoms with Gasteiger partial charge in [0.05, 0.1) is 11.6 Å². The summed E-state index contributed by atoms with van der Waals surface area (Å²) in [7, 11) is 0. The summed E-state index contributed by atoms with van der Waals surface area (Å²) in [4.78, 5) is 29.0. The molecule has 1 aromatic carbocycles. The van der Waals surface area contributed by atoms with Crippen molar-refractivity contribution in [2.45, 2.75) is 18.9 Å². The number of primary amides is 1. The number of nitrogens with two attached hydrogens (primary N) is 1. The summed E-state index contributed by atoms with van der Waals surface area (Å²) in [5.41, 5.74) is 6.19. The van der Waals surface area contributed by atoms with E-state index < -0.39 is 11.9 Å². The number of urea groups is 1. The monoisotopic (exact) mass is 326 g/mol. The zero-order chi connectivity index (χ0) is 17.1. The number of anilines is 1. The van der Waals surface area contributed by atoms with Crippen molar-refractivity contribution in [2.75, 3.05) is 11.9 Å². The van der Waals surface area contributed by atoms with Gasteiger partial charge in [-0.05, 0) is 37.1 Å². The minimum absolute atomic E-state index is 0.191. The number of carbonyl (C=O) groups excluding carboxylic acids is 2. The Labute approximate surface area is 137 Å². The van der Waals surface area contributed by atoms with Gasteiger partial charge in [-0.2, -0.15) is 10.2 Å². The van der Waals surface area contributed by atoms with Gasteiger partial charge >= 0.3 is 6.03 Å². The van der Waals surface area contributed by atoms with Gasteiger partial charge in [-0.1, -0.05) is 5.16 Å². The molecule has 1 fully saturated rings. The molecule has 1 atom stereocenters. The van der Waals surface area contributed by atoms with E-state index in [1.807, 2.05) is 6.07 Å². The Morgan fingerprint density at radius 3 is 2.75 bits per heavy atom. The summed E-state index contributed by atoms with van der Waals surface area (Å²) in [6.45, 7) is 0.529. The molecule has 122 valence electrons. The number of benzene rings is 1. The van der Waals surface area contributed by atoms with Crippen molar-refractivity contribution >= 4 is 17.6 Å². The van der Waals surface area contributed by atoms with Crippen molar-refractivity contribution in [2.24, 2.45) is 5.73 Å². The van der Waals surface area contributed by atoms with Crippen molar-refractivity contribution < 1.29 is 14.1 Å². The normalized spacial score (nSPS) is 16.6. The van der Waals surface area contributed by atoms with Gasteiger partial charge < -0.3 is 20.5 Å². The van der Waals surface area contributed by atoms with Gasteiger partial charge in [0.2, 0.25) is 5.89 Å². The SMILES string of the molecule is N#Cc1ccc(NC(=O)N2CCC[C@H]2c2nc(C(N)=O)no2)cc1. The van der Waals surface area contributed by atoms with Crippen molar-refractivity contribution in [3.8, 4) is 6.07 Å². The molecule has 1 saturated heterocycles. The van der Waals surface area contributed by atoms with E-state index in [1.165, 1.54) is 0 Å². The smallest absolute Gasteiger partial charge is 0.322 e. The maximum absolute atomic E-state index is 12.5. The lowest BCUT2D eigenvalue weighted by molar-refractivity contribution is 0.0987. The average Bonchev–Trinajstić information content (AvgIpc) is 3.24. The lowest BCUT2D eigenvalue weighted by Gasteiger charge is -2.22. The number of likely N-dealkylation sites (tertiary alicyclic amines) is 1. The number of nitriles is 1. The Bertz CT molecular complexity index is 807. The first kappa shape index (κ1) is 15.5. The lowest BCUT2D eigenvalue weighted by Crippen LogP contribution is -2.34. The number of hydrogen-bond donors (Lipinski definition) is 2. The molecule has 0 spiro atoms. The van der Waals surface area contributed by atoms with E-state index in [4.69, 9.17) is 15.5 Å². The highest BCUT2D eigenvalue weighted by Gasteiger charge is 2.34. The fraction of sp³-hybridized carbons (Fsp3) is 0.267. The molecule has 1 aliphatic rings. The topological polar surface area (TPSA) is 138 Å². The molecule has 0 saturated carbocycles. The number of rotatable bonds is 3. The molecule has 0 unspecified atom stereocenters. The van der Waals surface area contributed by atoms with Gasteiger partial charge in [-0.15, -0.1) is 0 Å². The highest BCUT2D eigenvalue weighted by Crippen LogP contribution is 2.31. The molecule has 0 bridgehead atoms. The third-order valence-corrected chi connectivity index (χ3v) is 3.73. The number of nitrogens with zero attached hydrogens (tertiary/aromatic N) is 4. The van der Waals surface area contributed by atoms with Crippen LogP contribution < -0.4 is 11.1 Å². The predicted octanol–water partition coefficient (Wildman–Crippen LogP) is 1.41. The van der Waals surface area contributed by atoms with Crippen LogP contribution in [-0.2, 0) is 0 Å². The van der Waals surface area contributed by atoms with Crippen LogP contribution in [0, 0.1) is 11.3 Å². The highest BCUT2D eigenvalue weighted by atomic mass is 16.5. The van der Waals surface area contributed by atoms with Crippen LogP contribution in [0.1, 0.15) is 41.0 Å². The van der Waals surface area contributed by atoms with Gasteiger partial charge in [0.15, 0.2) is 0 Å². The molecule has 3 amide bonds. The number of carbonyl (C=O) groups is 2. The molecular formula is C15H14N6O3. The molecule has 1 aromatic heterocycles. The molecule has 24 heavy (non-hydrogen) atoms. The van der Waals surface area contributed by atoms with Crippen LogP contribution in [0.25, 0.3) is 0 Å². The minimum atomic E-state index is -0.781. The maximum atomic E-state index is 12.5. The Kier molecular flexibility index (Phi) is 4.11. The average molecular weight is 326 g/mol. The van der Waals surface area contributed by atoms with E-state index in [9.17, 15) is 9.59 Å². The van der Waals surface area contributed by atoms with E-state index in [2.05, 4.69) is 15.5 Å². The van der Waals surface area contributed by atoms with Crippen LogP contribution in [0.4, 0.5) is 10.5 Å². The summed E-state index contributed by atoms with van der Waals surface area (Å²) in [5.74, 6) is -0.794. The fourth-order valence-electron chi connectivity index (χ4n) is 2.56. The Morgan fingerprint density at radius 2 is 2.12 bits per heavy atom. The van der Waals surface area contributed by atoms with Crippen LogP contribution in [0.5, 0.6) is 0 Å². The van der Waals surface area contributed by atoms with Crippen LogP contribution in [0.15, 0.2) is 28.8 Å². The fourth-order valence-corrected chi connectivity index (χ4v) is 2.56. The second-order valence-corrected chi connectivity index (χ2v) is 5.29. The van der Waals surface area contributed by atoms with Crippen molar-refractivity contribution in [1.29, 1.82) is 5.26 Å². The van der Waals surface area contributed by atoms with E-state index >= 15 is 0 Å². The Balaban J connectivity index is 1.73. The molecule has 0 aliphatic carbocycles. The highest BCUT2D eigenvalue weighted by molar-refractivity contribution is 5.90. The van der Waals surface area contributed by atoms with E-state index in [0.717, 1.165) is 6.42 Å². The Hall–Kier alpha value is -3.41. The van der Waals surface area contributed by atoms with Gasteiger partial charge in [0.1, 0.15) is 6.04 Å². The minimum Gasteiger partial charge on any atom is -0.363 e. The maximum Gasteiger partial charge on any atom is 0.322 e. The van der Waals surface area contributed by atoms with Crippen LogP contribution in [-0.4, -0.2) is 33.5 Å². The summed E-state index contributed by atoms with van der Waals surface area (Å²) in [6, 6.07) is 7.84. The largest absolute Gasteiger partial charge is 0.363 e. The van der Waals surface area contributed by atoms with Crippen LogP contribution in [0.2, 0.25) is 0 Å². The van der Waals surface area contributed by atoms with Crippen LogP contribution in [0.3, 0.4) is 0 Å². The van der Waals surface area contributed by atoms with E-state index in [0.29, 0.717) is 24.2 Å². The number of aromatic nitrogens is 2. The quantitative estimate of drug-likeness (QED) is 0.874. The molecule has 2 aromatic rings. The Morgan fingerprint density at radius 1 is 1.38 bits per heavy atom. The van der Waals surface area contributed by atoms with Crippen LogP contribution >= 0.6 is 0 Å². The van der Waals surface area contributed by atoms with Gasteiger partial charge in [-0.3, -0.25) is 4.79 Å². The first-order valence-electron chi connectivity index (χ1n) is 7.29. The lowest BCUT2D eigenvalue weighted by atomic mass is 10.2. The molecular weight excluding hydrogens is 312 g/mol. The van der Waals surface area contributed by atoms with Gasteiger partial charge in [0, 0.05) is 12.2 Å². The summed E-state index contributed by atoms with van der Waals surface area (Å²) in [6.07, 6.45) is 1.43. The van der Waals surface area contributed by atoms with E-state index in [1.54, 1.807) is 29.2 Å². The standard InChI is InChI=1S/C15H14N6O3/c16-8-9-3-5-10(6-4-9)18-15(23)21-7-1-2-11(21)14-19-13(12(17)22)20-24-14/h3-6,11H,1-2,7H2,(H2,17,22)(H,18,23)/t11-/m0/s1. The molecule has 0 radical (unpaired) electrons. The first-order chi connectivity index (χ1) is 11.6. The van der Waals surface area contributed by atoms with Crippen molar-refractivity contribution in [1.82, 2.24) is 15.0 Å². The number of amides is 3. The predicted molar refractivity (Wildman–Crippen MR) is 81.7 cm³/mol. The third-order valence-electron chi connectivity index (χ3n) is 3.73. The molecule has 9 nitrogen and oxygen atoms in total.